The highest BCUT2D eigenvalue weighted by Gasteiger charge is 2.25. The van der Waals surface area contributed by atoms with E-state index in [1.54, 1.807) is 43.4 Å². The molecule has 0 bridgehead atoms. The van der Waals surface area contributed by atoms with Crippen molar-refractivity contribution in [3.05, 3.63) is 95.6 Å². The molecule has 6 heteroatoms. The number of hydrogen-bond acceptors (Lipinski definition) is 4. The lowest BCUT2D eigenvalue weighted by molar-refractivity contribution is -0.123. The van der Waals surface area contributed by atoms with E-state index in [2.05, 4.69) is 5.32 Å². The van der Waals surface area contributed by atoms with Gasteiger partial charge in [0.25, 0.3) is 11.8 Å². The van der Waals surface area contributed by atoms with Crippen LogP contribution in [0.15, 0.2) is 78.9 Å². The number of nitrogens with one attached hydrogen (secondary N) is 1. The topological polar surface area (TPSA) is 75.7 Å². The Balaban J connectivity index is 1.74. The van der Waals surface area contributed by atoms with Gasteiger partial charge in [0.05, 0.1) is 11.1 Å². The van der Waals surface area contributed by atoms with E-state index in [-0.39, 0.29) is 17.0 Å². The molecule has 0 unspecified atom stereocenters. The first-order valence-corrected chi connectivity index (χ1v) is 9.88. The third kappa shape index (κ3) is 5.17. The Hall–Kier alpha value is -3.93. The molecule has 1 N–H and O–H groups in total. The molecule has 31 heavy (non-hydrogen) atoms. The molecule has 3 aromatic carbocycles. The predicted molar refractivity (Wildman–Crippen MR) is 120 cm³/mol. The second-order valence-electron chi connectivity index (χ2n) is 7.10. The van der Waals surface area contributed by atoms with Gasteiger partial charge in [-0.2, -0.15) is 0 Å². The van der Waals surface area contributed by atoms with Gasteiger partial charge >= 0.3 is 5.97 Å². The van der Waals surface area contributed by atoms with Crippen molar-refractivity contribution >= 4 is 29.2 Å². The number of carbonyl (C=O) groups is 3. The van der Waals surface area contributed by atoms with Crippen molar-refractivity contribution in [3.8, 4) is 0 Å². The van der Waals surface area contributed by atoms with Gasteiger partial charge in [-0.05, 0) is 49.7 Å². The number of ether oxygens (including phenoxy) is 1. The largest absolute Gasteiger partial charge is 0.449 e. The number of anilines is 2. The molecule has 0 aliphatic heterocycles. The Morgan fingerprint density at radius 2 is 1.42 bits per heavy atom. The molecular formula is C25H24N2O4. The third-order valence-electron chi connectivity index (χ3n) is 4.88. The fourth-order valence-corrected chi connectivity index (χ4v) is 3.02. The molecule has 0 aliphatic carbocycles. The smallest absolute Gasteiger partial charge is 0.339 e. The van der Waals surface area contributed by atoms with Crippen LogP contribution in [0.3, 0.4) is 0 Å². The van der Waals surface area contributed by atoms with Crippen molar-refractivity contribution in [1.29, 1.82) is 0 Å². The van der Waals surface area contributed by atoms with Crippen LogP contribution in [-0.2, 0) is 9.53 Å². The van der Waals surface area contributed by atoms with Crippen LogP contribution in [0.2, 0.25) is 0 Å². The van der Waals surface area contributed by atoms with E-state index in [1.807, 2.05) is 43.3 Å². The molecule has 158 valence electrons. The van der Waals surface area contributed by atoms with Gasteiger partial charge in [0.1, 0.15) is 0 Å². The maximum atomic E-state index is 13.0. The maximum absolute atomic E-state index is 13.0. The van der Waals surface area contributed by atoms with Gasteiger partial charge in [-0.25, -0.2) is 4.79 Å². The van der Waals surface area contributed by atoms with E-state index in [9.17, 15) is 14.4 Å². The summed E-state index contributed by atoms with van der Waals surface area (Å²) in [5.41, 5.74) is 2.54. The number of aryl methyl sites for hydroxylation is 1. The fourth-order valence-electron chi connectivity index (χ4n) is 3.02. The van der Waals surface area contributed by atoms with Crippen molar-refractivity contribution < 1.29 is 19.1 Å². The molecular weight excluding hydrogens is 392 g/mol. The number of benzene rings is 3. The van der Waals surface area contributed by atoms with Crippen LogP contribution in [0.5, 0.6) is 0 Å². The Labute approximate surface area is 181 Å². The van der Waals surface area contributed by atoms with Crippen molar-refractivity contribution in [2.24, 2.45) is 0 Å². The number of amides is 2. The average molecular weight is 416 g/mol. The number of carbonyl (C=O) groups excluding carboxylic acids is 3. The van der Waals surface area contributed by atoms with Crippen LogP contribution >= 0.6 is 0 Å². The summed E-state index contributed by atoms with van der Waals surface area (Å²) in [4.78, 5) is 39.7. The molecule has 0 saturated carbocycles. The van der Waals surface area contributed by atoms with E-state index < -0.39 is 18.0 Å². The molecule has 2 amide bonds. The fraction of sp³-hybridized carbons (Fsp3) is 0.160. The zero-order valence-corrected chi connectivity index (χ0v) is 17.7. The Morgan fingerprint density at radius 3 is 2.10 bits per heavy atom. The highest BCUT2D eigenvalue weighted by molar-refractivity contribution is 6.12. The molecule has 6 nitrogen and oxygen atoms in total. The van der Waals surface area contributed by atoms with Crippen LogP contribution < -0.4 is 10.2 Å². The lowest BCUT2D eigenvalue weighted by Crippen LogP contribution is -2.32. The third-order valence-corrected chi connectivity index (χ3v) is 4.88. The second kappa shape index (κ2) is 9.71. The van der Waals surface area contributed by atoms with Crippen molar-refractivity contribution in [2.75, 3.05) is 17.3 Å². The Morgan fingerprint density at radius 1 is 0.839 bits per heavy atom. The van der Waals surface area contributed by atoms with E-state index in [0.717, 1.165) is 5.56 Å². The Kier molecular flexibility index (Phi) is 6.82. The molecule has 0 aromatic heterocycles. The van der Waals surface area contributed by atoms with Crippen molar-refractivity contribution in [3.63, 3.8) is 0 Å². The first kappa shape index (κ1) is 21.8. The average Bonchev–Trinajstić information content (AvgIpc) is 2.80. The zero-order valence-electron chi connectivity index (χ0n) is 17.7. The van der Waals surface area contributed by atoms with Crippen LogP contribution in [0.1, 0.15) is 33.2 Å². The summed E-state index contributed by atoms with van der Waals surface area (Å²) in [6.07, 6.45) is -1.04. The number of hydrogen-bond donors (Lipinski definition) is 1. The second-order valence-corrected chi connectivity index (χ2v) is 7.10. The maximum Gasteiger partial charge on any atom is 0.339 e. The first-order valence-electron chi connectivity index (χ1n) is 9.88. The molecule has 3 rings (SSSR count). The predicted octanol–water partition coefficient (Wildman–Crippen LogP) is 4.46. The number of nitrogens with zero attached hydrogens (tertiary/aromatic N) is 1. The standard InChI is InChI=1S/C25H24N2O4/c1-17-11-7-10-16-22(17)26-23(28)18(2)31-25(30)21-15-9-8-14-20(21)24(29)27(3)19-12-5-4-6-13-19/h4-16,18H,1-3H3,(H,26,28)/t18-/m1/s1. The molecule has 0 spiro atoms. The highest BCUT2D eigenvalue weighted by atomic mass is 16.5. The summed E-state index contributed by atoms with van der Waals surface area (Å²) in [5.74, 6) is -1.54. The minimum atomic E-state index is -1.04. The molecule has 3 aromatic rings. The molecule has 0 saturated heterocycles. The van der Waals surface area contributed by atoms with Crippen LogP contribution in [0.25, 0.3) is 0 Å². The van der Waals surface area contributed by atoms with Gasteiger partial charge < -0.3 is 15.0 Å². The lowest BCUT2D eigenvalue weighted by atomic mass is 10.1. The highest BCUT2D eigenvalue weighted by Crippen LogP contribution is 2.19. The molecule has 0 aliphatic rings. The monoisotopic (exact) mass is 416 g/mol. The SMILES string of the molecule is Cc1ccccc1NC(=O)[C@@H](C)OC(=O)c1ccccc1C(=O)N(C)c1ccccc1. The summed E-state index contributed by atoms with van der Waals surface area (Å²) in [7, 11) is 1.64. The van der Waals surface area contributed by atoms with Crippen LogP contribution in [-0.4, -0.2) is 30.9 Å². The number of esters is 1. The zero-order chi connectivity index (χ0) is 22.4. The summed E-state index contributed by atoms with van der Waals surface area (Å²) >= 11 is 0. The van der Waals surface area contributed by atoms with E-state index in [0.29, 0.717) is 11.4 Å². The van der Waals surface area contributed by atoms with Gasteiger partial charge in [0.15, 0.2) is 6.10 Å². The van der Waals surface area contributed by atoms with E-state index >= 15 is 0 Å². The Bertz CT molecular complexity index is 1100. The van der Waals surface area contributed by atoms with Crippen LogP contribution in [0, 0.1) is 6.92 Å². The minimum absolute atomic E-state index is 0.103. The van der Waals surface area contributed by atoms with E-state index in [1.165, 1.54) is 17.9 Å². The molecule has 1 atom stereocenters. The normalized spacial score (nSPS) is 11.3. The van der Waals surface area contributed by atoms with Gasteiger partial charge in [0, 0.05) is 18.4 Å². The van der Waals surface area contributed by atoms with Gasteiger partial charge in [-0.3, -0.25) is 9.59 Å². The summed E-state index contributed by atoms with van der Waals surface area (Å²) < 4.78 is 5.36. The molecule has 0 radical (unpaired) electrons. The van der Waals surface area contributed by atoms with Crippen molar-refractivity contribution in [2.45, 2.75) is 20.0 Å². The van der Waals surface area contributed by atoms with E-state index in [4.69, 9.17) is 4.74 Å². The van der Waals surface area contributed by atoms with Gasteiger partial charge in [-0.1, -0.05) is 48.5 Å². The lowest BCUT2D eigenvalue weighted by Gasteiger charge is -2.19. The molecule has 0 fully saturated rings. The van der Waals surface area contributed by atoms with Crippen molar-refractivity contribution in [1.82, 2.24) is 0 Å². The number of para-hydroxylation sites is 2. The summed E-state index contributed by atoms with van der Waals surface area (Å²) in [5, 5.41) is 2.75. The molecule has 0 heterocycles. The van der Waals surface area contributed by atoms with Crippen LogP contribution in [0.4, 0.5) is 11.4 Å². The quantitative estimate of drug-likeness (QED) is 0.602. The summed E-state index contributed by atoms with van der Waals surface area (Å²) in [6, 6.07) is 22.8. The number of rotatable bonds is 6. The first-order chi connectivity index (χ1) is 14.9. The minimum Gasteiger partial charge on any atom is -0.449 e. The van der Waals surface area contributed by atoms with Gasteiger partial charge in [0.2, 0.25) is 0 Å². The summed E-state index contributed by atoms with van der Waals surface area (Å²) in [6.45, 7) is 3.36. The van der Waals surface area contributed by atoms with Gasteiger partial charge in [-0.15, -0.1) is 0 Å².